The fraction of sp³-hybridized carbons (Fsp3) is 0.909. The van der Waals surface area contributed by atoms with Crippen LogP contribution >= 0.6 is 0 Å². The van der Waals surface area contributed by atoms with Crippen LogP contribution in [0.25, 0.3) is 0 Å². The molecule has 0 aromatic carbocycles. The van der Waals surface area contributed by atoms with Gasteiger partial charge in [-0.3, -0.25) is 4.79 Å². The smallest absolute Gasteiger partial charge is 0.223 e. The van der Waals surface area contributed by atoms with Crippen molar-refractivity contribution in [1.29, 1.82) is 0 Å². The minimum absolute atomic E-state index is 0.337. The Balaban J connectivity index is 1.74. The molecule has 74 valence electrons. The summed E-state index contributed by atoms with van der Waals surface area (Å²) in [5, 5.41) is 3.15. The lowest BCUT2D eigenvalue weighted by molar-refractivity contribution is -0.127. The van der Waals surface area contributed by atoms with Crippen LogP contribution in [-0.2, 0) is 4.79 Å². The van der Waals surface area contributed by atoms with E-state index < -0.39 is 0 Å². The van der Waals surface area contributed by atoms with Crippen LogP contribution in [0.3, 0.4) is 0 Å². The topological polar surface area (TPSA) is 29.1 Å². The highest BCUT2D eigenvalue weighted by Gasteiger charge is 2.25. The molecule has 2 rings (SSSR count). The molecule has 0 atom stereocenters. The largest absolute Gasteiger partial charge is 0.353 e. The van der Waals surface area contributed by atoms with E-state index in [1.165, 1.54) is 38.5 Å². The maximum atomic E-state index is 11.7. The highest BCUT2D eigenvalue weighted by molar-refractivity contribution is 5.79. The lowest BCUT2D eigenvalue weighted by atomic mass is 9.87. The van der Waals surface area contributed by atoms with Crippen molar-refractivity contribution < 1.29 is 4.79 Å². The number of hydrogen-bond donors (Lipinski definition) is 1. The van der Waals surface area contributed by atoms with E-state index in [4.69, 9.17) is 0 Å². The number of rotatable bonds is 2. The van der Waals surface area contributed by atoms with Crippen molar-refractivity contribution in [2.75, 3.05) is 0 Å². The van der Waals surface area contributed by atoms with Gasteiger partial charge in [0.15, 0.2) is 0 Å². The Bertz CT molecular complexity index is 181. The van der Waals surface area contributed by atoms with Crippen molar-refractivity contribution in [1.82, 2.24) is 5.32 Å². The molecule has 0 aromatic rings. The summed E-state index contributed by atoms with van der Waals surface area (Å²) in [6.07, 6.45) is 9.79. The molecule has 2 saturated carbocycles. The van der Waals surface area contributed by atoms with Gasteiger partial charge >= 0.3 is 0 Å². The zero-order valence-electron chi connectivity index (χ0n) is 8.22. The van der Waals surface area contributed by atoms with Crippen LogP contribution in [0.2, 0.25) is 0 Å². The van der Waals surface area contributed by atoms with Gasteiger partial charge in [0.05, 0.1) is 0 Å². The summed E-state index contributed by atoms with van der Waals surface area (Å²) in [4.78, 5) is 11.7. The third kappa shape index (κ3) is 2.23. The van der Waals surface area contributed by atoms with E-state index in [9.17, 15) is 4.79 Å². The lowest BCUT2D eigenvalue weighted by Crippen LogP contribution is -2.43. The van der Waals surface area contributed by atoms with Crippen LogP contribution < -0.4 is 5.32 Å². The number of amides is 1. The van der Waals surface area contributed by atoms with Gasteiger partial charge in [0, 0.05) is 12.0 Å². The van der Waals surface area contributed by atoms with E-state index in [2.05, 4.69) is 5.32 Å². The van der Waals surface area contributed by atoms with Crippen molar-refractivity contribution in [3.05, 3.63) is 0 Å². The first-order valence-electron chi connectivity index (χ1n) is 5.66. The molecule has 2 heteroatoms. The van der Waals surface area contributed by atoms with Gasteiger partial charge in [0.25, 0.3) is 0 Å². The van der Waals surface area contributed by atoms with E-state index >= 15 is 0 Å². The van der Waals surface area contributed by atoms with Gasteiger partial charge in [-0.25, -0.2) is 0 Å². The third-order valence-corrected chi connectivity index (χ3v) is 3.43. The first-order chi connectivity index (χ1) is 6.36. The Labute approximate surface area is 80.1 Å². The number of hydrogen-bond acceptors (Lipinski definition) is 1. The van der Waals surface area contributed by atoms with Crippen LogP contribution in [0.15, 0.2) is 0 Å². The normalized spacial score (nSPS) is 25.2. The Morgan fingerprint density at radius 3 is 2.15 bits per heavy atom. The summed E-state index contributed by atoms with van der Waals surface area (Å²) >= 11 is 0. The Morgan fingerprint density at radius 2 is 1.62 bits per heavy atom. The molecule has 1 N–H and O–H groups in total. The average molecular weight is 181 g/mol. The Kier molecular flexibility index (Phi) is 2.87. The number of nitrogens with one attached hydrogen (secondary N) is 1. The fourth-order valence-corrected chi connectivity index (χ4v) is 2.24. The van der Waals surface area contributed by atoms with Crippen LogP contribution in [0.5, 0.6) is 0 Å². The van der Waals surface area contributed by atoms with Gasteiger partial charge in [0.1, 0.15) is 0 Å². The van der Waals surface area contributed by atoms with Gasteiger partial charge < -0.3 is 5.32 Å². The van der Waals surface area contributed by atoms with Crippen LogP contribution in [-0.4, -0.2) is 11.9 Å². The molecule has 2 aliphatic carbocycles. The lowest BCUT2D eigenvalue weighted by Gasteiger charge is -2.29. The molecule has 0 radical (unpaired) electrons. The molecular formula is C11H19NO. The second-order valence-electron chi connectivity index (χ2n) is 4.47. The molecule has 0 bridgehead atoms. The molecule has 2 nitrogen and oxygen atoms in total. The van der Waals surface area contributed by atoms with Crippen molar-refractivity contribution >= 4 is 5.91 Å². The van der Waals surface area contributed by atoms with Crippen molar-refractivity contribution in [3.63, 3.8) is 0 Å². The van der Waals surface area contributed by atoms with Crippen LogP contribution in [0.4, 0.5) is 0 Å². The van der Waals surface area contributed by atoms with Gasteiger partial charge in [0.2, 0.25) is 5.91 Å². The van der Waals surface area contributed by atoms with Gasteiger partial charge in [-0.15, -0.1) is 0 Å². The van der Waals surface area contributed by atoms with Crippen molar-refractivity contribution in [2.24, 2.45) is 5.92 Å². The monoisotopic (exact) mass is 181 g/mol. The predicted molar refractivity (Wildman–Crippen MR) is 52.4 cm³/mol. The Morgan fingerprint density at radius 1 is 0.923 bits per heavy atom. The quantitative estimate of drug-likeness (QED) is 0.695. The first-order valence-corrected chi connectivity index (χ1v) is 5.66. The highest BCUT2D eigenvalue weighted by atomic mass is 16.1. The van der Waals surface area contributed by atoms with Gasteiger partial charge in [-0.1, -0.05) is 19.3 Å². The minimum atomic E-state index is 0.337. The summed E-state index contributed by atoms with van der Waals surface area (Å²) in [5.41, 5.74) is 0. The summed E-state index contributed by atoms with van der Waals surface area (Å²) in [6.45, 7) is 0. The summed E-state index contributed by atoms with van der Waals surface area (Å²) < 4.78 is 0. The molecule has 2 fully saturated rings. The number of carbonyl (C=O) groups is 1. The maximum Gasteiger partial charge on any atom is 0.223 e. The van der Waals surface area contributed by atoms with E-state index in [0.717, 1.165) is 12.8 Å². The number of carbonyl (C=O) groups excluding carboxylic acids is 1. The van der Waals surface area contributed by atoms with E-state index in [-0.39, 0.29) is 0 Å². The van der Waals surface area contributed by atoms with Crippen molar-refractivity contribution in [3.8, 4) is 0 Å². The molecule has 0 aliphatic heterocycles. The van der Waals surface area contributed by atoms with Crippen molar-refractivity contribution in [2.45, 2.75) is 57.4 Å². The second kappa shape index (κ2) is 4.12. The van der Waals surface area contributed by atoms with Crippen LogP contribution in [0.1, 0.15) is 51.4 Å². The molecular weight excluding hydrogens is 162 g/mol. The molecule has 2 aliphatic rings. The van der Waals surface area contributed by atoms with Crippen LogP contribution in [0, 0.1) is 5.92 Å². The molecule has 1 amide bonds. The molecule has 0 aromatic heterocycles. The third-order valence-electron chi connectivity index (χ3n) is 3.43. The second-order valence-corrected chi connectivity index (χ2v) is 4.47. The zero-order valence-corrected chi connectivity index (χ0v) is 8.22. The summed E-state index contributed by atoms with van der Waals surface area (Å²) in [5.74, 6) is 0.679. The first kappa shape index (κ1) is 9.04. The predicted octanol–water partition coefficient (Wildman–Crippen LogP) is 2.24. The van der Waals surface area contributed by atoms with E-state index in [1.807, 2.05) is 0 Å². The van der Waals surface area contributed by atoms with E-state index in [0.29, 0.717) is 17.9 Å². The molecule has 0 unspecified atom stereocenters. The Hall–Kier alpha value is -0.530. The highest BCUT2D eigenvalue weighted by Crippen LogP contribution is 2.25. The SMILES string of the molecule is O=C(NC1CCC1)C1CCCCC1. The molecule has 0 spiro atoms. The maximum absolute atomic E-state index is 11.7. The van der Waals surface area contributed by atoms with Gasteiger partial charge in [-0.2, -0.15) is 0 Å². The standard InChI is InChI=1S/C11H19NO/c13-11(12-10-7-4-8-10)9-5-2-1-3-6-9/h9-10H,1-8H2,(H,12,13). The minimum Gasteiger partial charge on any atom is -0.353 e. The van der Waals surface area contributed by atoms with E-state index in [1.54, 1.807) is 0 Å². The zero-order chi connectivity index (χ0) is 9.10. The summed E-state index contributed by atoms with van der Waals surface area (Å²) in [6, 6.07) is 0.523. The molecule has 0 heterocycles. The van der Waals surface area contributed by atoms with Gasteiger partial charge in [-0.05, 0) is 32.1 Å². The average Bonchev–Trinajstić information content (AvgIpc) is 2.12. The fourth-order valence-electron chi connectivity index (χ4n) is 2.24. The molecule has 13 heavy (non-hydrogen) atoms. The molecule has 0 saturated heterocycles. The summed E-state index contributed by atoms with van der Waals surface area (Å²) in [7, 11) is 0.